The number of nitrogens with zero attached hydrogens (tertiary/aromatic N) is 1. The van der Waals surface area contributed by atoms with Crippen LogP contribution in [0.25, 0.3) is 16.0 Å². The van der Waals surface area contributed by atoms with E-state index in [4.69, 9.17) is 20.2 Å². The average Bonchev–Trinajstić information content (AvgIpc) is 3.22. The summed E-state index contributed by atoms with van der Waals surface area (Å²) in [5.41, 5.74) is 9.20. The van der Waals surface area contributed by atoms with Gasteiger partial charge in [-0.15, -0.1) is 11.3 Å². The van der Waals surface area contributed by atoms with E-state index in [-0.39, 0.29) is 0 Å². The lowest BCUT2D eigenvalue weighted by Crippen LogP contribution is -2.23. The molecule has 0 saturated heterocycles. The predicted molar refractivity (Wildman–Crippen MR) is 118 cm³/mol. The van der Waals surface area contributed by atoms with Crippen LogP contribution in [-0.2, 0) is 22.3 Å². The van der Waals surface area contributed by atoms with Crippen LogP contribution in [0.4, 0.5) is 5.69 Å². The van der Waals surface area contributed by atoms with Gasteiger partial charge >= 0.3 is 5.97 Å². The van der Waals surface area contributed by atoms with Crippen LogP contribution in [0.5, 0.6) is 0 Å². The molecule has 2 aromatic heterocycles. The molecule has 6 heteroatoms. The fraction of sp³-hybridized carbons (Fsp3) is 0.455. The lowest BCUT2D eigenvalue weighted by Gasteiger charge is -2.19. The highest BCUT2D eigenvalue weighted by molar-refractivity contribution is 7.21. The number of nitrogen functional groups attached to an aromatic ring is 1. The molecular weight excluding hydrogens is 372 g/mol. The summed E-state index contributed by atoms with van der Waals surface area (Å²) < 4.78 is 11.1. The molecule has 0 radical (unpaired) electrons. The summed E-state index contributed by atoms with van der Waals surface area (Å²) in [6.45, 7) is 15.4. The largest absolute Gasteiger partial charge is 0.465 e. The zero-order valence-electron chi connectivity index (χ0n) is 17.6. The maximum Gasteiger partial charge on any atom is 0.351 e. The molecule has 0 atom stereocenters. The van der Waals surface area contributed by atoms with Gasteiger partial charge in [0.2, 0.25) is 0 Å². The van der Waals surface area contributed by atoms with Gasteiger partial charge in [0.25, 0.3) is 0 Å². The Bertz CT molecular complexity index is 920. The fourth-order valence-corrected chi connectivity index (χ4v) is 4.14. The minimum atomic E-state index is -0.587. The highest BCUT2D eigenvalue weighted by Gasteiger charge is 2.29. The van der Waals surface area contributed by atoms with Crippen molar-refractivity contribution in [3.05, 3.63) is 40.6 Å². The first-order chi connectivity index (χ1) is 13.2. The van der Waals surface area contributed by atoms with Gasteiger partial charge in [-0.2, -0.15) is 0 Å². The Hall–Kier alpha value is -2.34. The van der Waals surface area contributed by atoms with Gasteiger partial charge in [-0.1, -0.05) is 26.5 Å². The van der Waals surface area contributed by atoms with Crippen molar-refractivity contribution in [2.45, 2.75) is 66.4 Å². The Balaban J connectivity index is 0.00000136. The van der Waals surface area contributed by atoms with Crippen LogP contribution in [0.2, 0.25) is 0 Å². The average molecular weight is 403 g/mol. The molecule has 2 aromatic rings. The van der Waals surface area contributed by atoms with Crippen LogP contribution < -0.4 is 5.73 Å². The summed E-state index contributed by atoms with van der Waals surface area (Å²) in [7, 11) is 0. The number of allylic oxidation sites excluding steroid dienone is 1. The number of thiophene rings is 1. The monoisotopic (exact) mass is 402 g/mol. The number of ether oxygens (including phenoxy) is 2. The fourth-order valence-electron chi connectivity index (χ4n) is 3.14. The number of pyridine rings is 1. The zero-order valence-corrected chi connectivity index (χ0v) is 18.5. The lowest BCUT2D eigenvalue weighted by atomic mass is 10.0. The third kappa shape index (κ3) is 4.38. The molecule has 3 rings (SSSR count). The van der Waals surface area contributed by atoms with Gasteiger partial charge in [-0.25, -0.2) is 9.78 Å². The van der Waals surface area contributed by atoms with Crippen molar-refractivity contribution in [3.63, 3.8) is 0 Å². The maximum atomic E-state index is 12.6. The van der Waals surface area contributed by atoms with Crippen LogP contribution in [0.15, 0.2) is 18.9 Å². The Morgan fingerprint density at radius 1 is 1.29 bits per heavy atom. The number of carbonyl (C=O) groups excluding carboxylic acids is 1. The predicted octanol–water partition coefficient (Wildman–Crippen LogP) is 5.87. The number of carbonyl (C=O) groups is 1. The Morgan fingerprint density at radius 3 is 2.57 bits per heavy atom. The van der Waals surface area contributed by atoms with Crippen molar-refractivity contribution in [2.75, 3.05) is 5.73 Å². The summed E-state index contributed by atoms with van der Waals surface area (Å²) in [6.07, 6.45) is 6.25. The number of fused-ring (bicyclic) bond motifs is 2. The van der Waals surface area contributed by atoms with Gasteiger partial charge in [-0.05, 0) is 52.5 Å². The molecular formula is C22H30N2O3S. The summed E-state index contributed by atoms with van der Waals surface area (Å²) in [6, 6.07) is 0. The normalized spacial score (nSPS) is 13.2. The molecule has 5 nitrogen and oxygen atoms in total. The number of aromatic nitrogens is 1. The van der Waals surface area contributed by atoms with E-state index in [1.165, 1.54) is 11.3 Å². The molecule has 28 heavy (non-hydrogen) atoms. The summed E-state index contributed by atoms with van der Waals surface area (Å²) in [5.74, 6) is 0.0954. The third-order valence-electron chi connectivity index (χ3n) is 4.11. The lowest BCUT2D eigenvalue weighted by molar-refractivity contribution is 0.00764. The van der Waals surface area contributed by atoms with E-state index < -0.39 is 11.6 Å². The number of rotatable bonds is 4. The van der Waals surface area contributed by atoms with Crippen LogP contribution in [0.3, 0.4) is 0 Å². The molecule has 0 bridgehead atoms. The Labute approximate surface area is 171 Å². The van der Waals surface area contributed by atoms with Gasteiger partial charge < -0.3 is 15.2 Å². The van der Waals surface area contributed by atoms with Crippen LogP contribution in [-0.4, -0.2) is 16.6 Å². The first-order valence-electron chi connectivity index (χ1n) is 9.67. The molecule has 0 aromatic carbocycles. The van der Waals surface area contributed by atoms with E-state index >= 15 is 0 Å². The number of anilines is 1. The van der Waals surface area contributed by atoms with Crippen LogP contribution in [0, 0.1) is 0 Å². The molecule has 2 heterocycles. The Kier molecular flexibility index (Phi) is 6.88. The number of aryl methyl sites for hydroxylation is 1. The quantitative estimate of drug-likeness (QED) is 0.511. The van der Waals surface area contributed by atoms with Crippen molar-refractivity contribution in [1.29, 1.82) is 0 Å². The third-order valence-corrected chi connectivity index (χ3v) is 5.19. The first-order valence-corrected chi connectivity index (χ1v) is 10.5. The molecule has 152 valence electrons. The molecule has 1 aliphatic rings. The van der Waals surface area contributed by atoms with Crippen molar-refractivity contribution in [3.8, 4) is 0 Å². The zero-order chi connectivity index (χ0) is 21.1. The van der Waals surface area contributed by atoms with E-state index in [2.05, 4.69) is 6.58 Å². The van der Waals surface area contributed by atoms with Gasteiger partial charge in [0, 0.05) is 16.6 Å². The van der Waals surface area contributed by atoms with Crippen molar-refractivity contribution >= 4 is 39.0 Å². The van der Waals surface area contributed by atoms with E-state index in [0.29, 0.717) is 16.3 Å². The molecule has 0 aliphatic heterocycles. The smallest absolute Gasteiger partial charge is 0.351 e. The second-order valence-electron chi connectivity index (χ2n) is 7.30. The number of hydrogen-bond donors (Lipinski definition) is 1. The van der Waals surface area contributed by atoms with Crippen LogP contribution in [0.1, 0.15) is 74.5 Å². The van der Waals surface area contributed by atoms with Gasteiger partial charge in [-0.3, -0.25) is 0 Å². The molecule has 0 spiro atoms. The van der Waals surface area contributed by atoms with E-state index in [1.807, 2.05) is 41.5 Å². The maximum absolute atomic E-state index is 12.6. The summed E-state index contributed by atoms with van der Waals surface area (Å²) in [4.78, 5) is 18.4. The van der Waals surface area contributed by atoms with Crippen molar-refractivity contribution < 1.29 is 14.3 Å². The SMILES string of the molecule is C=C(O/C=C\C)c1c2c(nc3sc(C(=O)OC(C)(C)C)c(N)c13)CCC2.CC. The molecule has 2 N–H and O–H groups in total. The standard InChI is InChI=1S/C20H24N2O3S.C2H6/c1-6-10-24-11(2)14-12-8-7-9-13(12)22-18-15(14)16(21)17(26-18)19(23)25-20(3,4)5;1-2/h6,10H,2,7-9,21H2,1,3-5H3;1-2H3/b10-6-;. The first kappa shape index (κ1) is 22.0. The van der Waals surface area contributed by atoms with Gasteiger partial charge in [0.05, 0.1) is 11.9 Å². The molecule has 0 saturated carbocycles. The van der Waals surface area contributed by atoms with E-state index in [1.54, 1.807) is 12.3 Å². The number of hydrogen-bond acceptors (Lipinski definition) is 6. The van der Waals surface area contributed by atoms with Gasteiger partial charge in [0.1, 0.15) is 21.1 Å². The minimum absolute atomic E-state index is 0.381. The minimum Gasteiger partial charge on any atom is -0.465 e. The van der Waals surface area contributed by atoms with E-state index in [9.17, 15) is 4.79 Å². The summed E-state index contributed by atoms with van der Waals surface area (Å²) >= 11 is 1.27. The summed E-state index contributed by atoms with van der Waals surface area (Å²) in [5, 5.41) is 0.742. The van der Waals surface area contributed by atoms with Crippen molar-refractivity contribution in [2.24, 2.45) is 0 Å². The number of nitrogens with two attached hydrogens (primary N) is 1. The molecule has 1 aliphatic carbocycles. The molecule has 0 amide bonds. The van der Waals surface area contributed by atoms with Crippen LogP contribution >= 0.6 is 11.3 Å². The second-order valence-corrected chi connectivity index (χ2v) is 8.30. The Morgan fingerprint density at radius 2 is 1.96 bits per heavy atom. The molecule has 0 unspecified atom stereocenters. The van der Waals surface area contributed by atoms with Gasteiger partial charge in [0.15, 0.2) is 0 Å². The highest BCUT2D eigenvalue weighted by Crippen LogP contribution is 2.42. The van der Waals surface area contributed by atoms with E-state index in [0.717, 1.165) is 46.3 Å². The number of esters is 1. The second kappa shape index (κ2) is 8.78. The topological polar surface area (TPSA) is 74.4 Å². The highest BCUT2D eigenvalue weighted by atomic mass is 32.1. The molecule has 0 fully saturated rings. The van der Waals surface area contributed by atoms with Crippen molar-refractivity contribution in [1.82, 2.24) is 4.98 Å².